The highest BCUT2D eigenvalue weighted by molar-refractivity contribution is 5.75. The molecule has 0 spiro atoms. The SMILES string of the molecule is Cn1c(=O)c2c(nc(Nc3ccccc3)n2CC2CO2)n(C)c1=O. The molecule has 1 aliphatic heterocycles. The highest BCUT2D eigenvalue weighted by atomic mass is 16.6. The Kier molecular flexibility index (Phi) is 3.27. The van der Waals surface area contributed by atoms with Gasteiger partial charge in [0, 0.05) is 19.8 Å². The van der Waals surface area contributed by atoms with E-state index < -0.39 is 5.69 Å². The van der Waals surface area contributed by atoms with Gasteiger partial charge in [-0.15, -0.1) is 0 Å². The van der Waals surface area contributed by atoms with Crippen molar-refractivity contribution in [3.63, 3.8) is 0 Å². The lowest BCUT2D eigenvalue weighted by molar-refractivity contribution is 0.386. The summed E-state index contributed by atoms with van der Waals surface area (Å²) in [6, 6.07) is 9.57. The Labute approximate surface area is 136 Å². The van der Waals surface area contributed by atoms with Gasteiger partial charge in [-0.05, 0) is 12.1 Å². The zero-order valence-corrected chi connectivity index (χ0v) is 13.4. The highest BCUT2D eigenvalue weighted by Crippen LogP contribution is 2.23. The second-order valence-electron chi connectivity index (χ2n) is 5.87. The van der Waals surface area contributed by atoms with Gasteiger partial charge in [-0.1, -0.05) is 18.2 Å². The number of epoxide rings is 1. The summed E-state index contributed by atoms with van der Waals surface area (Å²) >= 11 is 0. The molecule has 0 bridgehead atoms. The van der Waals surface area contributed by atoms with Crippen LogP contribution in [-0.2, 0) is 25.4 Å². The average Bonchev–Trinajstić information content (AvgIpc) is 3.34. The lowest BCUT2D eigenvalue weighted by atomic mass is 10.3. The summed E-state index contributed by atoms with van der Waals surface area (Å²) in [6.07, 6.45) is 0.0701. The largest absolute Gasteiger partial charge is 0.371 e. The van der Waals surface area contributed by atoms with Crippen molar-refractivity contribution in [2.75, 3.05) is 11.9 Å². The smallest absolute Gasteiger partial charge is 0.332 e. The highest BCUT2D eigenvalue weighted by Gasteiger charge is 2.27. The van der Waals surface area contributed by atoms with Crippen molar-refractivity contribution in [3.8, 4) is 0 Å². The van der Waals surface area contributed by atoms with Gasteiger partial charge >= 0.3 is 5.69 Å². The number of para-hydroxylation sites is 1. The molecule has 124 valence electrons. The van der Waals surface area contributed by atoms with E-state index in [9.17, 15) is 9.59 Å². The van der Waals surface area contributed by atoms with Gasteiger partial charge in [0.2, 0.25) is 5.95 Å². The minimum Gasteiger partial charge on any atom is -0.371 e. The van der Waals surface area contributed by atoms with Crippen molar-refractivity contribution < 1.29 is 4.74 Å². The number of rotatable bonds is 4. The van der Waals surface area contributed by atoms with E-state index in [0.29, 0.717) is 30.3 Å². The molecule has 8 heteroatoms. The predicted molar refractivity (Wildman–Crippen MR) is 89.7 cm³/mol. The summed E-state index contributed by atoms with van der Waals surface area (Å²) in [4.78, 5) is 29.3. The van der Waals surface area contributed by atoms with Crippen LogP contribution in [0.2, 0.25) is 0 Å². The predicted octanol–water partition coefficient (Wildman–Crippen LogP) is 0.576. The molecule has 0 radical (unpaired) electrons. The summed E-state index contributed by atoms with van der Waals surface area (Å²) in [5.41, 5.74) is 0.858. The molecule has 0 amide bonds. The summed E-state index contributed by atoms with van der Waals surface area (Å²) in [7, 11) is 3.08. The van der Waals surface area contributed by atoms with E-state index >= 15 is 0 Å². The zero-order chi connectivity index (χ0) is 16.8. The van der Waals surface area contributed by atoms with E-state index in [4.69, 9.17) is 4.74 Å². The number of benzene rings is 1. The molecule has 8 nitrogen and oxygen atoms in total. The molecule has 0 saturated carbocycles. The first-order valence-corrected chi connectivity index (χ1v) is 7.66. The number of ether oxygens (including phenoxy) is 1. The average molecular weight is 327 g/mol. The fraction of sp³-hybridized carbons (Fsp3) is 0.312. The van der Waals surface area contributed by atoms with Crippen molar-refractivity contribution in [1.82, 2.24) is 18.7 Å². The van der Waals surface area contributed by atoms with E-state index in [1.54, 1.807) is 11.6 Å². The van der Waals surface area contributed by atoms with Gasteiger partial charge in [0.15, 0.2) is 11.2 Å². The maximum absolute atomic E-state index is 12.6. The Morgan fingerprint density at radius 1 is 1.21 bits per heavy atom. The topological polar surface area (TPSA) is 86.4 Å². The van der Waals surface area contributed by atoms with Gasteiger partial charge < -0.3 is 14.6 Å². The van der Waals surface area contributed by atoms with Gasteiger partial charge in [-0.3, -0.25) is 13.9 Å². The van der Waals surface area contributed by atoms with Crippen LogP contribution in [0.25, 0.3) is 11.2 Å². The maximum atomic E-state index is 12.6. The number of imidazole rings is 1. The fourth-order valence-corrected chi connectivity index (χ4v) is 2.75. The summed E-state index contributed by atoms with van der Waals surface area (Å²) in [5.74, 6) is 0.519. The van der Waals surface area contributed by atoms with Gasteiger partial charge in [-0.2, -0.15) is 4.98 Å². The number of aryl methyl sites for hydroxylation is 1. The molecule has 3 aromatic rings. The molecule has 2 aromatic heterocycles. The normalized spacial score (nSPS) is 16.5. The van der Waals surface area contributed by atoms with Crippen LogP contribution in [0.5, 0.6) is 0 Å². The molecule has 1 aliphatic rings. The number of aromatic nitrogens is 4. The first-order chi connectivity index (χ1) is 11.6. The van der Waals surface area contributed by atoms with E-state index in [2.05, 4.69) is 10.3 Å². The van der Waals surface area contributed by atoms with Crippen LogP contribution in [0, 0.1) is 0 Å². The van der Waals surface area contributed by atoms with Gasteiger partial charge in [0.05, 0.1) is 19.3 Å². The Morgan fingerprint density at radius 2 is 1.92 bits per heavy atom. The second kappa shape index (κ2) is 5.34. The van der Waals surface area contributed by atoms with Crippen molar-refractivity contribution in [3.05, 3.63) is 51.2 Å². The number of fused-ring (bicyclic) bond motifs is 1. The molecule has 1 saturated heterocycles. The monoisotopic (exact) mass is 327 g/mol. The van der Waals surface area contributed by atoms with Crippen molar-refractivity contribution >= 4 is 22.8 Å². The number of nitrogens with zero attached hydrogens (tertiary/aromatic N) is 4. The number of nitrogens with one attached hydrogen (secondary N) is 1. The third-order valence-electron chi connectivity index (χ3n) is 4.17. The molecular formula is C16H17N5O3. The minimum atomic E-state index is -0.397. The van der Waals surface area contributed by atoms with Crippen LogP contribution < -0.4 is 16.6 Å². The zero-order valence-electron chi connectivity index (χ0n) is 13.4. The number of hydrogen-bond acceptors (Lipinski definition) is 5. The lowest BCUT2D eigenvalue weighted by Crippen LogP contribution is -2.37. The molecular weight excluding hydrogens is 310 g/mol. The fourth-order valence-electron chi connectivity index (χ4n) is 2.75. The van der Waals surface area contributed by atoms with Crippen LogP contribution in [0.1, 0.15) is 0 Å². The van der Waals surface area contributed by atoms with Gasteiger partial charge in [-0.25, -0.2) is 4.79 Å². The second-order valence-corrected chi connectivity index (χ2v) is 5.87. The molecule has 1 aromatic carbocycles. The van der Waals surface area contributed by atoms with E-state index in [0.717, 1.165) is 10.3 Å². The lowest BCUT2D eigenvalue weighted by Gasteiger charge is -2.09. The Balaban J connectivity index is 1.95. The minimum absolute atomic E-state index is 0.0701. The number of hydrogen-bond donors (Lipinski definition) is 1. The summed E-state index contributed by atoms with van der Waals surface area (Å²) in [5, 5.41) is 3.22. The van der Waals surface area contributed by atoms with Crippen LogP contribution in [0.15, 0.2) is 39.9 Å². The molecule has 3 heterocycles. The molecule has 1 unspecified atom stereocenters. The molecule has 1 N–H and O–H groups in total. The van der Waals surface area contributed by atoms with Crippen LogP contribution in [0.4, 0.5) is 11.6 Å². The van der Waals surface area contributed by atoms with Gasteiger partial charge in [0.1, 0.15) is 0 Å². The Bertz CT molecular complexity index is 1030. The van der Waals surface area contributed by atoms with Crippen molar-refractivity contribution in [2.45, 2.75) is 12.6 Å². The quantitative estimate of drug-likeness (QED) is 0.708. The summed E-state index contributed by atoms with van der Waals surface area (Å²) < 4.78 is 9.58. The first kappa shape index (κ1) is 14.7. The molecule has 4 rings (SSSR count). The Morgan fingerprint density at radius 3 is 2.58 bits per heavy atom. The van der Waals surface area contributed by atoms with Crippen molar-refractivity contribution in [1.29, 1.82) is 0 Å². The number of anilines is 2. The molecule has 1 fully saturated rings. The molecule has 24 heavy (non-hydrogen) atoms. The van der Waals surface area contributed by atoms with Crippen LogP contribution >= 0.6 is 0 Å². The van der Waals surface area contributed by atoms with Gasteiger partial charge in [0.25, 0.3) is 5.56 Å². The van der Waals surface area contributed by atoms with Crippen molar-refractivity contribution in [2.24, 2.45) is 14.1 Å². The Hall–Kier alpha value is -2.87. The first-order valence-electron chi connectivity index (χ1n) is 7.66. The van der Waals surface area contributed by atoms with E-state index in [1.807, 2.05) is 30.3 Å². The standard InChI is InChI=1S/C16H17N5O3/c1-19-13-12(14(22)20(2)16(19)23)21(8-11-9-24-11)15(18-13)17-10-6-4-3-5-7-10/h3-7,11H,8-9H2,1-2H3,(H,17,18). The van der Waals surface area contributed by atoms with E-state index in [1.165, 1.54) is 11.6 Å². The molecule has 0 aliphatic carbocycles. The third kappa shape index (κ3) is 2.31. The maximum Gasteiger partial charge on any atom is 0.332 e. The molecule has 1 atom stereocenters. The van der Waals surface area contributed by atoms with E-state index in [-0.39, 0.29) is 11.7 Å². The van der Waals surface area contributed by atoms with Crippen LogP contribution in [-0.4, -0.2) is 31.4 Å². The van der Waals surface area contributed by atoms with Crippen LogP contribution in [0.3, 0.4) is 0 Å². The third-order valence-corrected chi connectivity index (χ3v) is 4.17. The summed E-state index contributed by atoms with van der Waals surface area (Å²) in [6.45, 7) is 1.18.